The predicted octanol–water partition coefficient (Wildman–Crippen LogP) is 1.40. The maximum absolute atomic E-state index is 11.4. The largest absolute Gasteiger partial charge is 0.295 e. The Morgan fingerprint density at radius 2 is 2.42 bits per heavy atom. The summed E-state index contributed by atoms with van der Waals surface area (Å²) in [5, 5.41) is 0. The van der Waals surface area contributed by atoms with E-state index in [0.29, 0.717) is 21.8 Å². The van der Waals surface area contributed by atoms with Crippen LogP contribution in [0.5, 0.6) is 0 Å². The summed E-state index contributed by atoms with van der Waals surface area (Å²) >= 11 is 7.51. The first-order chi connectivity index (χ1) is 5.66. The van der Waals surface area contributed by atoms with Gasteiger partial charge in [0.05, 0.1) is 3.57 Å². The predicted molar refractivity (Wildman–Crippen MR) is 56.7 cm³/mol. The molecule has 0 amide bonds. The van der Waals surface area contributed by atoms with Gasteiger partial charge in [-0.2, -0.15) is 0 Å². The van der Waals surface area contributed by atoms with E-state index in [1.807, 2.05) is 22.6 Å². The van der Waals surface area contributed by atoms with Crippen molar-refractivity contribution in [1.82, 2.24) is 9.55 Å². The second kappa shape index (κ2) is 4.23. The molecule has 1 aromatic heterocycles. The van der Waals surface area contributed by atoms with Crippen LogP contribution in [0.2, 0.25) is 0 Å². The monoisotopic (exact) mass is 298 g/mol. The molecule has 0 saturated heterocycles. The summed E-state index contributed by atoms with van der Waals surface area (Å²) in [7, 11) is 0. The second-order valence-electron chi connectivity index (χ2n) is 2.30. The zero-order valence-electron chi connectivity index (χ0n) is 6.55. The van der Waals surface area contributed by atoms with E-state index in [2.05, 4.69) is 4.98 Å². The molecule has 0 spiro atoms. The summed E-state index contributed by atoms with van der Waals surface area (Å²) in [5.41, 5.74) is -0.0104. The van der Waals surface area contributed by atoms with E-state index in [1.54, 1.807) is 17.7 Å². The maximum Gasteiger partial charge on any atom is 0.266 e. The summed E-state index contributed by atoms with van der Waals surface area (Å²) in [6, 6.07) is 0. The number of hydrogen-bond acceptors (Lipinski definition) is 2. The van der Waals surface area contributed by atoms with Crippen molar-refractivity contribution in [2.45, 2.75) is 13.5 Å². The molecular weight excluding hydrogens is 290 g/mol. The summed E-state index contributed by atoms with van der Waals surface area (Å²) < 4.78 is 2.21. The summed E-state index contributed by atoms with van der Waals surface area (Å²) in [6.07, 6.45) is 1.57. The molecule has 5 heteroatoms. The molecule has 12 heavy (non-hydrogen) atoms. The first-order valence-corrected chi connectivity index (χ1v) is 5.06. The number of rotatable bonds is 2. The third-order valence-electron chi connectivity index (χ3n) is 1.51. The molecule has 0 bridgehead atoms. The van der Waals surface area contributed by atoms with Gasteiger partial charge in [0.1, 0.15) is 5.82 Å². The lowest BCUT2D eigenvalue weighted by molar-refractivity contribution is 0.674. The number of aromatic nitrogens is 2. The number of aryl methyl sites for hydroxylation is 1. The van der Waals surface area contributed by atoms with Crippen molar-refractivity contribution >= 4 is 34.2 Å². The molecule has 0 aliphatic rings. The van der Waals surface area contributed by atoms with Crippen molar-refractivity contribution < 1.29 is 0 Å². The van der Waals surface area contributed by atoms with E-state index in [9.17, 15) is 4.79 Å². The average molecular weight is 299 g/mol. The average Bonchev–Trinajstić information content (AvgIpc) is 2.06. The van der Waals surface area contributed by atoms with E-state index < -0.39 is 0 Å². The van der Waals surface area contributed by atoms with E-state index in [4.69, 9.17) is 11.6 Å². The van der Waals surface area contributed by atoms with E-state index in [1.165, 1.54) is 0 Å². The van der Waals surface area contributed by atoms with Crippen LogP contribution in [0.15, 0.2) is 11.0 Å². The van der Waals surface area contributed by atoms with Crippen LogP contribution < -0.4 is 5.56 Å². The zero-order valence-corrected chi connectivity index (χ0v) is 9.46. The minimum absolute atomic E-state index is 0.0104. The first-order valence-electron chi connectivity index (χ1n) is 3.44. The fourth-order valence-electron chi connectivity index (χ4n) is 0.899. The zero-order chi connectivity index (χ0) is 9.14. The van der Waals surface area contributed by atoms with Crippen LogP contribution in [0.1, 0.15) is 5.82 Å². The molecule has 1 aromatic rings. The third kappa shape index (κ3) is 1.98. The second-order valence-corrected chi connectivity index (χ2v) is 3.84. The van der Waals surface area contributed by atoms with Crippen LogP contribution in [-0.4, -0.2) is 15.4 Å². The van der Waals surface area contributed by atoms with Gasteiger partial charge >= 0.3 is 0 Å². The molecule has 66 valence electrons. The van der Waals surface area contributed by atoms with E-state index in [0.717, 1.165) is 0 Å². The number of nitrogens with zero attached hydrogens (tertiary/aromatic N) is 2. The minimum atomic E-state index is -0.0104. The Balaban J connectivity index is 3.24. The molecule has 3 nitrogen and oxygen atoms in total. The lowest BCUT2D eigenvalue weighted by Gasteiger charge is -2.05. The summed E-state index contributed by atoms with van der Waals surface area (Å²) in [4.78, 5) is 15.5. The van der Waals surface area contributed by atoms with E-state index in [-0.39, 0.29) is 5.56 Å². The van der Waals surface area contributed by atoms with Gasteiger partial charge < -0.3 is 0 Å². The number of hydrogen-bond donors (Lipinski definition) is 0. The van der Waals surface area contributed by atoms with Gasteiger partial charge in [-0.3, -0.25) is 9.36 Å². The van der Waals surface area contributed by atoms with Gasteiger partial charge in [-0.05, 0) is 29.5 Å². The van der Waals surface area contributed by atoms with Crippen LogP contribution in [0.3, 0.4) is 0 Å². The lowest BCUT2D eigenvalue weighted by atomic mass is 10.5. The highest BCUT2D eigenvalue weighted by Gasteiger charge is 2.03. The van der Waals surface area contributed by atoms with E-state index >= 15 is 0 Å². The maximum atomic E-state index is 11.4. The molecule has 0 radical (unpaired) electrons. The normalized spacial score (nSPS) is 10.2. The first kappa shape index (κ1) is 9.98. The van der Waals surface area contributed by atoms with Gasteiger partial charge in [-0.15, -0.1) is 11.6 Å². The fourth-order valence-corrected chi connectivity index (χ4v) is 1.50. The molecule has 0 N–H and O–H groups in total. The van der Waals surface area contributed by atoms with Crippen LogP contribution in [0, 0.1) is 10.5 Å². The SMILES string of the molecule is Cc1ncc(I)c(=O)n1CCCl. The van der Waals surface area contributed by atoms with Gasteiger partial charge in [0.15, 0.2) is 0 Å². The highest BCUT2D eigenvalue weighted by molar-refractivity contribution is 14.1. The van der Waals surface area contributed by atoms with Crippen LogP contribution in [0.25, 0.3) is 0 Å². The topological polar surface area (TPSA) is 34.9 Å². The molecule has 0 aromatic carbocycles. The lowest BCUT2D eigenvalue weighted by Crippen LogP contribution is -2.26. The van der Waals surface area contributed by atoms with Crippen molar-refractivity contribution in [3.63, 3.8) is 0 Å². The number of halogens is 2. The highest BCUT2D eigenvalue weighted by Crippen LogP contribution is 1.97. The standard InChI is InChI=1S/C7H8ClIN2O/c1-5-10-4-6(9)7(12)11(5)3-2-8/h4H,2-3H2,1H3. The Morgan fingerprint density at radius 3 is 3.00 bits per heavy atom. The summed E-state index contributed by atoms with van der Waals surface area (Å²) in [5.74, 6) is 1.14. The molecule has 0 atom stereocenters. The Morgan fingerprint density at radius 1 is 1.75 bits per heavy atom. The Hall–Kier alpha value is -0.100. The van der Waals surface area contributed by atoms with Crippen LogP contribution in [0.4, 0.5) is 0 Å². The molecule has 1 heterocycles. The smallest absolute Gasteiger partial charge is 0.266 e. The van der Waals surface area contributed by atoms with Crippen molar-refractivity contribution in [2.75, 3.05) is 5.88 Å². The fraction of sp³-hybridized carbons (Fsp3) is 0.429. The van der Waals surface area contributed by atoms with Gasteiger partial charge in [0.2, 0.25) is 0 Å². The third-order valence-corrected chi connectivity index (χ3v) is 2.42. The van der Waals surface area contributed by atoms with Crippen molar-refractivity contribution in [1.29, 1.82) is 0 Å². The molecule has 0 aliphatic heterocycles. The Bertz CT molecular complexity index is 337. The molecule has 0 unspecified atom stereocenters. The van der Waals surface area contributed by atoms with Crippen molar-refractivity contribution in [3.05, 3.63) is 25.9 Å². The van der Waals surface area contributed by atoms with Gasteiger partial charge in [-0.1, -0.05) is 0 Å². The Labute approximate surface area is 88.9 Å². The van der Waals surface area contributed by atoms with Crippen LogP contribution >= 0.6 is 34.2 Å². The van der Waals surface area contributed by atoms with Crippen molar-refractivity contribution in [3.8, 4) is 0 Å². The van der Waals surface area contributed by atoms with Crippen molar-refractivity contribution in [2.24, 2.45) is 0 Å². The number of alkyl halides is 1. The Kier molecular flexibility index (Phi) is 3.52. The highest BCUT2D eigenvalue weighted by atomic mass is 127. The van der Waals surface area contributed by atoms with Gasteiger partial charge in [0, 0.05) is 18.6 Å². The molecule has 0 aliphatic carbocycles. The minimum Gasteiger partial charge on any atom is -0.295 e. The molecule has 0 fully saturated rings. The molecule has 0 saturated carbocycles. The molecular formula is C7H8ClIN2O. The quantitative estimate of drug-likeness (QED) is 0.611. The summed E-state index contributed by atoms with van der Waals surface area (Å²) in [6.45, 7) is 2.32. The van der Waals surface area contributed by atoms with Gasteiger partial charge in [-0.25, -0.2) is 4.98 Å². The molecule has 1 rings (SSSR count). The van der Waals surface area contributed by atoms with Gasteiger partial charge in [0.25, 0.3) is 5.56 Å². The van der Waals surface area contributed by atoms with Crippen LogP contribution in [-0.2, 0) is 6.54 Å².